The number of thiophene rings is 1. The van der Waals surface area contributed by atoms with Crippen LogP contribution < -0.4 is 10.2 Å². The van der Waals surface area contributed by atoms with E-state index in [1.165, 1.54) is 22.2 Å². The molecule has 2 aliphatic rings. The SMILES string of the molecule is C[C@@H]1CCc2c(sc3ncnc(N4CCC(C(=O)Nc5ccccc5)CC4)c23)C1. The van der Waals surface area contributed by atoms with Crippen LogP contribution in [0.1, 0.15) is 36.6 Å². The van der Waals surface area contributed by atoms with Crippen LogP contribution in [0.4, 0.5) is 11.5 Å². The normalized spacial score (nSPS) is 19.9. The number of nitrogens with one attached hydrogen (secondary N) is 1. The predicted octanol–water partition coefficient (Wildman–Crippen LogP) is 4.67. The highest BCUT2D eigenvalue weighted by molar-refractivity contribution is 7.19. The van der Waals surface area contributed by atoms with Gasteiger partial charge >= 0.3 is 0 Å². The first-order valence-electron chi connectivity index (χ1n) is 10.5. The van der Waals surface area contributed by atoms with Gasteiger partial charge in [0.1, 0.15) is 17.0 Å². The minimum atomic E-state index is 0.0565. The van der Waals surface area contributed by atoms with Crippen LogP contribution >= 0.6 is 11.3 Å². The van der Waals surface area contributed by atoms with Crippen molar-refractivity contribution in [2.45, 2.75) is 39.0 Å². The molecule has 5 nitrogen and oxygen atoms in total. The number of nitrogens with zero attached hydrogens (tertiary/aromatic N) is 3. The molecule has 0 unspecified atom stereocenters. The molecule has 1 N–H and O–H groups in total. The van der Waals surface area contributed by atoms with E-state index in [1.54, 1.807) is 6.33 Å². The number of rotatable bonds is 3. The van der Waals surface area contributed by atoms with Gasteiger partial charge in [0.15, 0.2) is 0 Å². The molecule has 0 spiro atoms. The van der Waals surface area contributed by atoms with Gasteiger partial charge in [0.05, 0.1) is 5.39 Å². The number of carbonyl (C=O) groups excluding carboxylic acids is 1. The Bertz CT molecular complexity index is 1020. The zero-order valence-electron chi connectivity index (χ0n) is 16.7. The molecule has 2 aromatic heterocycles. The zero-order chi connectivity index (χ0) is 19.8. The van der Waals surface area contributed by atoms with Crippen LogP contribution in [-0.2, 0) is 17.6 Å². The molecule has 1 aliphatic carbocycles. The Labute approximate surface area is 175 Å². The summed E-state index contributed by atoms with van der Waals surface area (Å²) in [6.45, 7) is 4.06. The van der Waals surface area contributed by atoms with Crippen molar-refractivity contribution < 1.29 is 4.79 Å². The van der Waals surface area contributed by atoms with Crippen molar-refractivity contribution in [3.8, 4) is 0 Å². The van der Waals surface area contributed by atoms with Crippen LogP contribution in [-0.4, -0.2) is 29.0 Å². The summed E-state index contributed by atoms with van der Waals surface area (Å²) in [5, 5.41) is 4.33. The maximum Gasteiger partial charge on any atom is 0.227 e. The molecule has 6 heteroatoms. The molecule has 3 heterocycles. The van der Waals surface area contributed by atoms with Gasteiger partial charge in [-0.05, 0) is 55.7 Å². The second-order valence-corrected chi connectivity index (χ2v) is 9.43. The Morgan fingerprint density at radius 2 is 1.93 bits per heavy atom. The number of piperidine rings is 1. The summed E-state index contributed by atoms with van der Waals surface area (Å²) >= 11 is 1.85. The van der Waals surface area contributed by atoms with Crippen LogP contribution in [0.5, 0.6) is 0 Å². The van der Waals surface area contributed by atoms with Crippen molar-refractivity contribution in [3.05, 3.63) is 47.1 Å². The third kappa shape index (κ3) is 3.62. The molecule has 1 fully saturated rings. The summed E-state index contributed by atoms with van der Waals surface area (Å²) in [6.07, 6.45) is 6.96. The molecule has 29 heavy (non-hydrogen) atoms. The molecule has 1 saturated heterocycles. The number of carbonyl (C=O) groups is 1. The summed E-state index contributed by atoms with van der Waals surface area (Å²) in [5.41, 5.74) is 2.35. The number of benzene rings is 1. The lowest BCUT2D eigenvalue weighted by atomic mass is 9.89. The topological polar surface area (TPSA) is 58.1 Å². The maximum atomic E-state index is 12.7. The van der Waals surface area contributed by atoms with E-state index in [0.717, 1.165) is 61.0 Å². The monoisotopic (exact) mass is 406 g/mol. The fourth-order valence-corrected chi connectivity index (χ4v) is 5.96. The van der Waals surface area contributed by atoms with Gasteiger partial charge in [-0.1, -0.05) is 25.1 Å². The van der Waals surface area contributed by atoms with Crippen molar-refractivity contribution in [1.82, 2.24) is 9.97 Å². The fourth-order valence-electron chi connectivity index (χ4n) is 4.62. The van der Waals surface area contributed by atoms with Gasteiger partial charge in [0.25, 0.3) is 0 Å². The molecule has 0 radical (unpaired) electrons. The second kappa shape index (κ2) is 7.75. The summed E-state index contributed by atoms with van der Waals surface area (Å²) in [5.74, 6) is 2.02. The third-order valence-electron chi connectivity index (χ3n) is 6.28. The lowest BCUT2D eigenvalue weighted by Crippen LogP contribution is -2.38. The van der Waals surface area contributed by atoms with Crippen molar-refractivity contribution >= 4 is 39.0 Å². The van der Waals surface area contributed by atoms with E-state index < -0.39 is 0 Å². The van der Waals surface area contributed by atoms with Crippen LogP contribution in [0.3, 0.4) is 0 Å². The smallest absolute Gasteiger partial charge is 0.227 e. The molecule has 3 aromatic rings. The van der Waals surface area contributed by atoms with Crippen molar-refractivity contribution in [2.75, 3.05) is 23.3 Å². The third-order valence-corrected chi connectivity index (χ3v) is 7.44. The van der Waals surface area contributed by atoms with E-state index in [9.17, 15) is 4.79 Å². The average Bonchev–Trinajstić information content (AvgIpc) is 3.12. The Hall–Kier alpha value is -2.47. The van der Waals surface area contributed by atoms with Gasteiger partial charge in [-0.3, -0.25) is 4.79 Å². The number of hydrogen-bond donors (Lipinski definition) is 1. The molecule has 0 bridgehead atoms. The average molecular weight is 407 g/mol. The molecular weight excluding hydrogens is 380 g/mol. The molecule has 150 valence electrons. The number of hydrogen-bond acceptors (Lipinski definition) is 5. The van der Waals surface area contributed by atoms with Gasteiger partial charge in [-0.25, -0.2) is 9.97 Å². The molecule has 0 saturated carbocycles. The van der Waals surface area contributed by atoms with Crippen LogP contribution in [0, 0.1) is 11.8 Å². The number of aromatic nitrogens is 2. The van der Waals surface area contributed by atoms with E-state index >= 15 is 0 Å². The number of fused-ring (bicyclic) bond motifs is 3. The standard InChI is InChI=1S/C23H26N4OS/c1-15-7-8-18-19(13-15)29-23-20(18)21(24-14-25-23)27-11-9-16(10-12-27)22(28)26-17-5-3-2-4-6-17/h2-6,14-16H,7-13H2,1H3,(H,26,28)/t15-/m1/s1. The summed E-state index contributed by atoms with van der Waals surface area (Å²) in [6, 6.07) is 9.72. The summed E-state index contributed by atoms with van der Waals surface area (Å²) in [4.78, 5) is 26.9. The number of amides is 1. The molecule has 1 aliphatic heterocycles. The highest BCUT2D eigenvalue weighted by Crippen LogP contribution is 2.41. The molecule has 1 amide bonds. The van der Waals surface area contributed by atoms with Gasteiger partial charge in [0.2, 0.25) is 5.91 Å². The van der Waals surface area contributed by atoms with Gasteiger partial charge in [0, 0.05) is 29.6 Å². The van der Waals surface area contributed by atoms with Crippen molar-refractivity contribution in [3.63, 3.8) is 0 Å². The van der Waals surface area contributed by atoms with E-state index in [1.807, 2.05) is 41.7 Å². The van der Waals surface area contributed by atoms with E-state index in [2.05, 4.69) is 27.1 Å². The first kappa shape index (κ1) is 18.6. The molecule has 1 atom stereocenters. The second-order valence-electron chi connectivity index (χ2n) is 8.35. The first-order chi connectivity index (χ1) is 14.2. The molecule has 5 rings (SSSR count). The minimum Gasteiger partial charge on any atom is -0.356 e. The van der Waals surface area contributed by atoms with Gasteiger partial charge in [-0.2, -0.15) is 0 Å². The maximum absolute atomic E-state index is 12.7. The Kier molecular flexibility index (Phi) is 4.96. The minimum absolute atomic E-state index is 0.0565. The molecule has 1 aromatic carbocycles. The molecular formula is C23H26N4OS. The van der Waals surface area contributed by atoms with Crippen LogP contribution in [0.15, 0.2) is 36.7 Å². The Morgan fingerprint density at radius 3 is 2.72 bits per heavy atom. The summed E-state index contributed by atoms with van der Waals surface area (Å²) in [7, 11) is 0. The number of anilines is 2. The highest BCUT2D eigenvalue weighted by atomic mass is 32.1. The fraction of sp³-hybridized carbons (Fsp3) is 0.435. The predicted molar refractivity (Wildman–Crippen MR) is 119 cm³/mol. The quantitative estimate of drug-likeness (QED) is 0.687. The number of aryl methyl sites for hydroxylation is 1. The van der Waals surface area contributed by atoms with Gasteiger partial charge in [-0.15, -0.1) is 11.3 Å². The largest absolute Gasteiger partial charge is 0.356 e. The van der Waals surface area contributed by atoms with Crippen molar-refractivity contribution in [2.24, 2.45) is 11.8 Å². The van der Waals surface area contributed by atoms with Crippen LogP contribution in [0.25, 0.3) is 10.2 Å². The lowest BCUT2D eigenvalue weighted by Gasteiger charge is -2.32. The van der Waals surface area contributed by atoms with Crippen molar-refractivity contribution in [1.29, 1.82) is 0 Å². The van der Waals surface area contributed by atoms with E-state index in [0.29, 0.717) is 0 Å². The van der Waals surface area contributed by atoms with Gasteiger partial charge < -0.3 is 10.2 Å². The lowest BCUT2D eigenvalue weighted by molar-refractivity contribution is -0.120. The van der Waals surface area contributed by atoms with E-state index in [-0.39, 0.29) is 11.8 Å². The zero-order valence-corrected chi connectivity index (χ0v) is 17.5. The highest BCUT2D eigenvalue weighted by Gasteiger charge is 2.29. The number of para-hydroxylation sites is 1. The summed E-state index contributed by atoms with van der Waals surface area (Å²) < 4.78 is 0. The van der Waals surface area contributed by atoms with Crippen LogP contribution in [0.2, 0.25) is 0 Å². The Balaban J connectivity index is 1.32. The Morgan fingerprint density at radius 1 is 1.14 bits per heavy atom. The van der Waals surface area contributed by atoms with E-state index in [4.69, 9.17) is 0 Å². The first-order valence-corrected chi connectivity index (χ1v) is 11.4.